The van der Waals surface area contributed by atoms with Crippen LogP contribution in [0.5, 0.6) is 0 Å². The molecule has 0 bridgehead atoms. The summed E-state index contributed by atoms with van der Waals surface area (Å²) < 4.78 is 11.7. The van der Waals surface area contributed by atoms with Gasteiger partial charge in [-0.3, -0.25) is 4.79 Å². The van der Waals surface area contributed by atoms with Crippen LogP contribution < -0.4 is 5.32 Å². The van der Waals surface area contributed by atoms with Crippen LogP contribution in [0.4, 0.5) is 0 Å². The predicted octanol–water partition coefficient (Wildman–Crippen LogP) is 3.23. The fourth-order valence-electron chi connectivity index (χ4n) is 3.73. The number of amides is 1. The molecule has 1 aliphatic carbocycles. The molecular formula is C23H29NO4. The Hall–Kier alpha value is -2.29. The summed E-state index contributed by atoms with van der Waals surface area (Å²) in [6, 6.07) is 8.05. The van der Waals surface area contributed by atoms with E-state index in [0.717, 1.165) is 43.2 Å². The molecule has 2 aliphatic rings. The molecule has 1 heterocycles. The minimum Gasteiger partial charge on any atom is -0.459 e. The van der Waals surface area contributed by atoms with Gasteiger partial charge in [-0.1, -0.05) is 30.9 Å². The Morgan fingerprint density at radius 1 is 1.25 bits per heavy atom. The van der Waals surface area contributed by atoms with E-state index in [0.29, 0.717) is 25.2 Å². The first-order chi connectivity index (χ1) is 13.7. The zero-order valence-electron chi connectivity index (χ0n) is 16.2. The maximum absolute atomic E-state index is 12.7. The van der Waals surface area contributed by atoms with Gasteiger partial charge in [-0.2, -0.15) is 0 Å². The molecule has 2 atom stereocenters. The molecule has 1 amide bonds. The highest BCUT2D eigenvalue weighted by atomic mass is 16.7. The number of benzene rings is 1. The van der Waals surface area contributed by atoms with Crippen LogP contribution in [0.25, 0.3) is 0 Å². The summed E-state index contributed by atoms with van der Waals surface area (Å²) in [6.07, 6.45) is 13.3. The average molecular weight is 383 g/mol. The van der Waals surface area contributed by atoms with E-state index in [9.17, 15) is 4.79 Å². The summed E-state index contributed by atoms with van der Waals surface area (Å²) in [5, 5.41) is 12.0. The van der Waals surface area contributed by atoms with Crippen molar-refractivity contribution < 1.29 is 19.4 Å². The van der Waals surface area contributed by atoms with Gasteiger partial charge < -0.3 is 19.9 Å². The van der Waals surface area contributed by atoms with Gasteiger partial charge in [0.2, 0.25) is 6.29 Å². The molecule has 3 rings (SSSR count). The van der Waals surface area contributed by atoms with Gasteiger partial charge in [0.15, 0.2) is 5.76 Å². The van der Waals surface area contributed by atoms with Crippen molar-refractivity contribution in [3.05, 3.63) is 47.2 Å². The quantitative estimate of drug-likeness (QED) is 0.534. The highest BCUT2D eigenvalue weighted by molar-refractivity contribution is 5.92. The fourth-order valence-corrected chi connectivity index (χ4v) is 3.73. The molecule has 5 heteroatoms. The Morgan fingerprint density at radius 2 is 2.00 bits per heavy atom. The van der Waals surface area contributed by atoms with Gasteiger partial charge in [0.25, 0.3) is 5.91 Å². The maximum atomic E-state index is 12.7. The van der Waals surface area contributed by atoms with Gasteiger partial charge in [-0.15, -0.1) is 6.42 Å². The van der Waals surface area contributed by atoms with Crippen LogP contribution in [0.15, 0.2) is 36.1 Å². The summed E-state index contributed by atoms with van der Waals surface area (Å²) in [5.41, 5.74) is 1.91. The number of terminal acetylenes is 1. The SMILES string of the molecule is C#Cc1ccc([C@@H]2C=C(C(=O)NC3CCCC3)O[C@H](OCCCCO)C2)cc1. The van der Waals surface area contributed by atoms with Gasteiger partial charge in [-0.05, 0) is 49.5 Å². The molecule has 28 heavy (non-hydrogen) atoms. The van der Waals surface area contributed by atoms with E-state index in [-0.39, 0.29) is 24.5 Å². The number of ether oxygens (including phenoxy) is 2. The molecule has 150 valence electrons. The number of carbonyl (C=O) groups excluding carboxylic acids is 1. The molecule has 5 nitrogen and oxygen atoms in total. The van der Waals surface area contributed by atoms with Crippen LogP contribution in [0, 0.1) is 12.3 Å². The third-order valence-electron chi connectivity index (χ3n) is 5.33. The van der Waals surface area contributed by atoms with E-state index in [4.69, 9.17) is 21.0 Å². The van der Waals surface area contributed by atoms with E-state index in [1.165, 1.54) is 0 Å². The Balaban J connectivity index is 1.71. The van der Waals surface area contributed by atoms with Crippen LogP contribution in [-0.2, 0) is 14.3 Å². The van der Waals surface area contributed by atoms with E-state index in [1.807, 2.05) is 30.3 Å². The first-order valence-corrected chi connectivity index (χ1v) is 10.2. The van der Waals surface area contributed by atoms with Crippen molar-refractivity contribution >= 4 is 5.91 Å². The normalized spacial score (nSPS) is 22.2. The summed E-state index contributed by atoms with van der Waals surface area (Å²) in [6.45, 7) is 0.638. The Labute approximate surface area is 167 Å². The molecule has 1 aromatic carbocycles. The molecular weight excluding hydrogens is 354 g/mol. The van der Waals surface area contributed by atoms with Crippen molar-refractivity contribution in [1.82, 2.24) is 5.32 Å². The van der Waals surface area contributed by atoms with Gasteiger partial charge in [0.05, 0.1) is 6.61 Å². The third-order valence-corrected chi connectivity index (χ3v) is 5.33. The lowest BCUT2D eigenvalue weighted by Gasteiger charge is -2.30. The average Bonchev–Trinajstić information content (AvgIpc) is 3.24. The molecule has 0 radical (unpaired) electrons. The first kappa shape index (κ1) is 20.4. The minimum atomic E-state index is -0.481. The number of hydrogen-bond acceptors (Lipinski definition) is 4. The zero-order valence-corrected chi connectivity index (χ0v) is 16.2. The number of aliphatic hydroxyl groups is 1. The van der Waals surface area contributed by atoms with Gasteiger partial charge in [-0.25, -0.2) is 0 Å². The molecule has 1 saturated carbocycles. The number of nitrogens with one attached hydrogen (secondary N) is 1. The van der Waals surface area contributed by atoms with Crippen molar-refractivity contribution in [2.45, 2.75) is 63.2 Å². The molecule has 0 unspecified atom stereocenters. The first-order valence-electron chi connectivity index (χ1n) is 10.2. The second-order valence-corrected chi connectivity index (χ2v) is 7.44. The van der Waals surface area contributed by atoms with E-state index in [2.05, 4.69) is 11.2 Å². The maximum Gasteiger partial charge on any atom is 0.286 e. The number of aliphatic hydroxyl groups excluding tert-OH is 1. The summed E-state index contributed by atoms with van der Waals surface area (Å²) in [5.74, 6) is 2.81. The lowest BCUT2D eigenvalue weighted by Crippen LogP contribution is -2.37. The highest BCUT2D eigenvalue weighted by Crippen LogP contribution is 2.32. The lowest BCUT2D eigenvalue weighted by atomic mass is 9.92. The molecule has 1 aliphatic heterocycles. The molecule has 0 spiro atoms. The topological polar surface area (TPSA) is 67.8 Å². The van der Waals surface area contributed by atoms with Crippen LogP contribution in [0.3, 0.4) is 0 Å². The third kappa shape index (κ3) is 5.60. The fraction of sp³-hybridized carbons (Fsp3) is 0.522. The molecule has 1 aromatic rings. The second kappa shape index (κ2) is 10.3. The van der Waals surface area contributed by atoms with Crippen LogP contribution in [0.2, 0.25) is 0 Å². The van der Waals surface area contributed by atoms with E-state index >= 15 is 0 Å². The summed E-state index contributed by atoms with van der Waals surface area (Å²) in [4.78, 5) is 12.7. The summed E-state index contributed by atoms with van der Waals surface area (Å²) in [7, 11) is 0. The Morgan fingerprint density at radius 3 is 2.68 bits per heavy atom. The van der Waals surface area contributed by atoms with Gasteiger partial charge in [0.1, 0.15) is 0 Å². The Kier molecular flexibility index (Phi) is 7.53. The van der Waals surface area contributed by atoms with Gasteiger partial charge >= 0.3 is 0 Å². The van der Waals surface area contributed by atoms with Crippen LogP contribution in [-0.4, -0.2) is 36.6 Å². The lowest BCUT2D eigenvalue weighted by molar-refractivity contribution is -0.146. The number of hydrogen-bond donors (Lipinski definition) is 2. The minimum absolute atomic E-state index is 0.0211. The number of unbranched alkanes of at least 4 members (excludes halogenated alkanes) is 1. The van der Waals surface area contributed by atoms with Crippen molar-refractivity contribution in [3.8, 4) is 12.3 Å². The number of allylic oxidation sites excluding steroid dienone is 1. The van der Waals surface area contributed by atoms with Gasteiger partial charge in [0, 0.05) is 30.6 Å². The monoisotopic (exact) mass is 383 g/mol. The van der Waals surface area contributed by atoms with Crippen molar-refractivity contribution in [3.63, 3.8) is 0 Å². The summed E-state index contributed by atoms with van der Waals surface area (Å²) >= 11 is 0. The van der Waals surface area contributed by atoms with Crippen LogP contribution in [0.1, 0.15) is 62.0 Å². The smallest absolute Gasteiger partial charge is 0.286 e. The molecule has 2 N–H and O–H groups in total. The van der Waals surface area contributed by atoms with Crippen molar-refractivity contribution in [2.24, 2.45) is 0 Å². The highest BCUT2D eigenvalue weighted by Gasteiger charge is 2.30. The Bertz CT molecular complexity index is 713. The predicted molar refractivity (Wildman–Crippen MR) is 107 cm³/mol. The van der Waals surface area contributed by atoms with E-state index < -0.39 is 6.29 Å². The second-order valence-electron chi connectivity index (χ2n) is 7.44. The molecule has 0 saturated heterocycles. The number of rotatable bonds is 8. The zero-order chi connectivity index (χ0) is 19.8. The molecule has 1 fully saturated rings. The van der Waals surface area contributed by atoms with E-state index in [1.54, 1.807) is 0 Å². The number of carbonyl (C=O) groups is 1. The van der Waals surface area contributed by atoms with Crippen molar-refractivity contribution in [1.29, 1.82) is 0 Å². The van der Waals surface area contributed by atoms with Crippen LogP contribution >= 0.6 is 0 Å². The largest absolute Gasteiger partial charge is 0.459 e. The standard InChI is InChI=1S/C23H29NO4/c1-2-17-9-11-18(12-10-17)19-15-21(23(26)24-20-7-3-4-8-20)28-22(16-19)27-14-6-5-13-25/h1,9-12,15,19-20,22,25H,3-8,13-14,16H2,(H,24,26)/t19-,22+/m1/s1. The van der Waals surface area contributed by atoms with Crippen molar-refractivity contribution in [2.75, 3.05) is 13.2 Å². The molecule has 0 aromatic heterocycles.